The number of ether oxygens (including phenoxy) is 1. The van der Waals surface area contributed by atoms with Crippen molar-refractivity contribution in [3.8, 4) is 0 Å². The van der Waals surface area contributed by atoms with E-state index in [0.29, 0.717) is 12.2 Å². The van der Waals surface area contributed by atoms with Crippen LogP contribution in [0.25, 0.3) is 11.2 Å². The van der Waals surface area contributed by atoms with Crippen molar-refractivity contribution in [1.82, 2.24) is 30.2 Å². The Bertz CT molecular complexity index is 1900. The summed E-state index contributed by atoms with van der Waals surface area (Å²) in [6.07, 6.45) is -5.63. The van der Waals surface area contributed by atoms with E-state index in [4.69, 9.17) is 19.5 Å². The van der Waals surface area contributed by atoms with Crippen LogP contribution in [0.1, 0.15) is 39.3 Å². The second-order valence-corrected chi connectivity index (χ2v) is 18.4. The summed E-state index contributed by atoms with van der Waals surface area (Å²) in [4.78, 5) is 87.4. The Balaban J connectivity index is 1.23. The second kappa shape index (κ2) is 18.3. The molecule has 0 radical (unpaired) electrons. The van der Waals surface area contributed by atoms with Gasteiger partial charge in [-0.05, 0) is 12.3 Å². The molecule has 8 atom stereocenters. The first kappa shape index (κ1) is 45.0. The van der Waals surface area contributed by atoms with E-state index >= 15 is 0 Å². The number of carbonyl (C=O) groups excluding carboxylic acids is 3. The minimum Gasteiger partial charge on any atom is -0.386 e. The molecule has 1 aliphatic heterocycles. The highest BCUT2D eigenvalue weighted by Gasteiger charge is 2.50. The van der Waals surface area contributed by atoms with Gasteiger partial charge in [0.25, 0.3) is 0 Å². The summed E-state index contributed by atoms with van der Waals surface area (Å²) in [5.41, 5.74) is 5.32. The number of carbonyl (C=O) groups is 3. The molecular formula is C27H42N7O17P3S. The van der Waals surface area contributed by atoms with E-state index in [-0.39, 0.29) is 47.5 Å². The molecule has 3 unspecified atom stereocenters. The first-order chi connectivity index (χ1) is 25.5. The van der Waals surface area contributed by atoms with Gasteiger partial charge in [-0.3, -0.25) is 32.5 Å². The third-order valence-electron chi connectivity index (χ3n) is 8.10. The lowest BCUT2D eigenvalue weighted by Crippen LogP contribution is -2.46. The number of aromatic nitrogens is 4. The molecule has 308 valence electrons. The van der Waals surface area contributed by atoms with Crippen molar-refractivity contribution >= 4 is 69.1 Å². The van der Waals surface area contributed by atoms with Gasteiger partial charge in [0, 0.05) is 37.1 Å². The number of anilines is 1. The lowest BCUT2D eigenvalue weighted by atomic mass is 9.87. The van der Waals surface area contributed by atoms with Gasteiger partial charge in [-0.25, -0.2) is 28.6 Å². The number of nitrogens with one attached hydrogen (secondary N) is 2. The van der Waals surface area contributed by atoms with Crippen LogP contribution in [0.15, 0.2) is 24.8 Å². The number of thioether (sulfide) groups is 1. The molecule has 1 saturated carbocycles. The maximum atomic E-state index is 12.7. The van der Waals surface area contributed by atoms with Crippen LogP contribution in [0.4, 0.5) is 5.82 Å². The summed E-state index contributed by atoms with van der Waals surface area (Å²) in [5.74, 6) is -0.834. The SMILES string of the molecule is C=C1C[C@@H]1CC(=O)SCCNC(=O)CCNC(=O)C(O)C(C)(C)COP(=O)(O)OP(=O)(O)OC[C@H]1O[C@@H](n2cnc3c(N)ncnc32)[C@H](O)[C@@H]1OP(=O)(O)O. The molecule has 2 fully saturated rings. The Morgan fingerprint density at radius 2 is 1.78 bits per heavy atom. The first-order valence-electron chi connectivity index (χ1n) is 16.2. The smallest absolute Gasteiger partial charge is 0.386 e. The van der Waals surface area contributed by atoms with E-state index in [0.717, 1.165) is 41.0 Å². The zero-order valence-electron chi connectivity index (χ0n) is 29.3. The molecule has 2 amide bonds. The van der Waals surface area contributed by atoms with Crippen LogP contribution in [0.3, 0.4) is 0 Å². The van der Waals surface area contributed by atoms with Crippen molar-refractivity contribution in [1.29, 1.82) is 0 Å². The largest absolute Gasteiger partial charge is 0.481 e. The molecule has 4 rings (SSSR count). The Morgan fingerprint density at radius 1 is 1.11 bits per heavy atom. The summed E-state index contributed by atoms with van der Waals surface area (Å²) in [6.45, 7) is 4.32. The third kappa shape index (κ3) is 13.2. The quantitative estimate of drug-likeness (QED) is 0.0439. The number of phosphoric acid groups is 3. The van der Waals surface area contributed by atoms with Crippen LogP contribution in [0, 0.1) is 11.3 Å². The molecule has 55 heavy (non-hydrogen) atoms. The van der Waals surface area contributed by atoms with Crippen LogP contribution >= 0.6 is 35.2 Å². The molecule has 1 saturated heterocycles. The number of phosphoric ester groups is 3. The third-order valence-corrected chi connectivity index (χ3v) is 12.1. The summed E-state index contributed by atoms with van der Waals surface area (Å²) >= 11 is 1.10. The number of amides is 2. The van der Waals surface area contributed by atoms with E-state index in [9.17, 15) is 57.9 Å². The maximum absolute atomic E-state index is 12.7. The molecule has 0 bridgehead atoms. The van der Waals surface area contributed by atoms with Gasteiger partial charge in [0.05, 0.1) is 19.5 Å². The Morgan fingerprint density at radius 3 is 2.44 bits per heavy atom. The number of nitrogen functional groups attached to an aromatic ring is 1. The zero-order valence-corrected chi connectivity index (χ0v) is 32.8. The fraction of sp³-hybridized carbons (Fsp3) is 0.630. The molecule has 2 aliphatic rings. The lowest BCUT2D eigenvalue weighted by Gasteiger charge is -2.30. The molecule has 3 heterocycles. The molecule has 0 aromatic carbocycles. The number of aliphatic hydroxyl groups is 2. The van der Waals surface area contributed by atoms with E-state index in [1.807, 2.05) is 0 Å². The summed E-state index contributed by atoms with van der Waals surface area (Å²) in [6, 6.07) is 0. The minimum atomic E-state index is -5.57. The van der Waals surface area contributed by atoms with Crippen LogP contribution < -0.4 is 16.4 Å². The Kier molecular flexibility index (Phi) is 14.9. The Hall–Kier alpha value is -2.70. The van der Waals surface area contributed by atoms with E-state index in [1.165, 1.54) is 13.8 Å². The van der Waals surface area contributed by atoms with Crippen molar-refractivity contribution in [2.45, 2.75) is 63.8 Å². The van der Waals surface area contributed by atoms with Gasteiger partial charge in [0.2, 0.25) is 11.8 Å². The number of hydrogen-bond acceptors (Lipinski definition) is 18. The number of nitrogens with two attached hydrogens (primary N) is 1. The molecular weight excluding hydrogens is 819 g/mol. The predicted molar refractivity (Wildman–Crippen MR) is 189 cm³/mol. The van der Waals surface area contributed by atoms with Gasteiger partial charge in [-0.2, -0.15) is 4.31 Å². The van der Waals surface area contributed by atoms with E-state index in [2.05, 4.69) is 41.0 Å². The summed E-state index contributed by atoms with van der Waals surface area (Å²) in [5, 5.41) is 26.4. The molecule has 2 aromatic rings. The maximum Gasteiger partial charge on any atom is 0.481 e. The second-order valence-electron chi connectivity index (χ2n) is 13.1. The van der Waals surface area contributed by atoms with Crippen molar-refractivity contribution in [3.05, 3.63) is 24.8 Å². The van der Waals surface area contributed by atoms with Crippen LogP contribution in [-0.2, 0) is 50.7 Å². The number of hydrogen-bond donors (Lipinski definition) is 9. The lowest BCUT2D eigenvalue weighted by molar-refractivity contribution is -0.137. The molecule has 28 heteroatoms. The van der Waals surface area contributed by atoms with Crippen LogP contribution in [-0.4, -0.2) is 123 Å². The average molecular weight is 862 g/mol. The molecule has 1 aliphatic carbocycles. The van der Waals surface area contributed by atoms with Crippen molar-refractivity contribution in [2.75, 3.05) is 37.8 Å². The molecule has 24 nitrogen and oxygen atoms in total. The van der Waals surface area contributed by atoms with Gasteiger partial charge in [0.15, 0.2) is 22.8 Å². The minimum absolute atomic E-state index is 0.00910. The number of aliphatic hydroxyl groups excluding tert-OH is 2. The summed E-state index contributed by atoms with van der Waals surface area (Å²) < 4.78 is 62.0. The monoisotopic (exact) mass is 861 g/mol. The van der Waals surface area contributed by atoms with Gasteiger partial charge < -0.3 is 50.9 Å². The fourth-order valence-electron chi connectivity index (χ4n) is 5.03. The number of rotatable bonds is 21. The van der Waals surface area contributed by atoms with E-state index < -0.39 is 84.6 Å². The first-order valence-corrected chi connectivity index (χ1v) is 21.7. The van der Waals surface area contributed by atoms with Gasteiger partial charge >= 0.3 is 23.5 Å². The van der Waals surface area contributed by atoms with Gasteiger partial charge in [-0.15, -0.1) is 0 Å². The average Bonchev–Trinajstić information content (AvgIpc) is 3.45. The van der Waals surface area contributed by atoms with Gasteiger partial charge in [0.1, 0.15) is 36.3 Å². The number of imidazole rings is 1. The van der Waals surface area contributed by atoms with Crippen LogP contribution in [0.2, 0.25) is 0 Å². The molecule has 0 spiro atoms. The normalized spacial score (nSPS) is 24.2. The van der Waals surface area contributed by atoms with Gasteiger partial charge in [-0.1, -0.05) is 37.8 Å². The van der Waals surface area contributed by atoms with Crippen molar-refractivity contribution in [2.24, 2.45) is 11.3 Å². The van der Waals surface area contributed by atoms with Crippen molar-refractivity contribution in [3.63, 3.8) is 0 Å². The standard InChI is InChI=1S/C27H42N7O17P3S/c1-14-8-15(14)9-18(36)55-7-6-29-17(35)4-5-30-25(39)22(38)27(2,3)11-48-54(45,46)51-53(43,44)47-10-16-21(50-52(40,41)42)20(37)26(49-16)34-13-33-19-23(28)31-12-32-24(19)34/h12-13,15-16,20-22,26,37-38H,1,4-11H2,2-3H3,(H,29,35)(H,30,39)(H,43,44)(H,45,46)(H2,28,31,32)(H2,40,41,42)/t15-,16-,20-,21-,22?,26-/m1/s1. The molecule has 10 N–H and O–H groups in total. The summed E-state index contributed by atoms with van der Waals surface area (Å²) in [7, 11) is -16.4. The highest BCUT2D eigenvalue weighted by atomic mass is 32.2. The highest BCUT2D eigenvalue weighted by molar-refractivity contribution is 8.13. The van der Waals surface area contributed by atoms with Crippen molar-refractivity contribution < 1.29 is 80.5 Å². The topological polar surface area (TPSA) is 364 Å². The number of nitrogens with zero attached hydrogens (tertiary/aromatic N) is 4. The Labute approximate surface area is 317 Å². The highest BCUT2D eigenvalue weighted by Crippen LogP contribution is 2.61. The number of fused-ring (bicyclic) bond motifs is 1. The predicted octanol–water partition coefficient (Wildman–Crippen LogP) is -0.369. The fourth-order valence-corrected chi connectivity index (χ4v) is 8.61. The van der Waals surface area contributed by atoms with E-state index in [1.54, 1.807) is 0 Å². The molecule has 2 aromatic heterocycles. The van der Waals surface area contributed by atoms with Crippen LogP contribution in [0.5, 0.6) is 0 Å². The number of allylic oxidation sites excluding steroid dienone is 1. The zero-order chi connectivity index (χ0) is 40.9.